The smallest absolute Gasteiger partial charge is 0.353 e. The zero-order valence-corrected chi connectivity index (χ0v) is 48.9. The Labute approximate surface area is 490 Å². The van der Waals surface area contributed by atoms with E-state index in [-0.39, 0.29) is 81.5 Å². The van der Waals surface area contributed by atoms with Crippen LogP contribution in [0.1, 0.15) is 126 Å². The van der Waals surface area contributed by atoms with Gasteiger partial charge in [-0.05, 0) is 124 Å². The van der Waals surface area contributed by atoms with Crippen molar-refractivity contribution in [3.8, 4) is 0 Å². The molecule has 20 heteroatoms. The van der Waals surface area contributed by atoms with Crippen LogP contribution >= 0.6 is 23.1 Å². The molecule has 82 heavy (non-hydrogen) atoms. The van der Waals surface area contributed by atoms with Crippen molar-refractivity contribution in [2.45, 2.75) is 123 Å². The van der Waals surface area contributed by atoms with E-state index in [0.717, 1.165) is 55.2 Å². The Morgan fingerprint density at radius 2 is 1.37 bits per heavy atom. The third kappa shape index (κ3) is 16.5. The number of carbonyl (C=O) groups is 8. The number of allylic oxidation sites excluding steroid dienone is 7. The van der Waals surface area contributed by atoms with Gasteiger partial charge < -0.3 is 50.4 Å². The average Bonchev–Trinajstić information content (AvgIpc) is 1.24. The monoisotopic (exact) mass is 1170 g/mol. The number of carboxylic acids is 2. The van der Waals surface area contributed by atoms with Gasteiger partial charge in [0, 0.05) is 40.5 Å². The van der Waals surface area contributed by atoms with Gasteiger partial charge in [-0.1, -0.05) is 104 Å². The Bertz CT molecular complexity index is 2840. The lowest BCUT2D eigenvalue weighted by atomic mass is 9.44. The molecule has 6 N–H and O–H groups in total. The summed E-state index contributed by atoms with van der Waals surface area (Å²) in [6.07, 6.45) is 20.4. The minimum Gasteiger partial charge on any atom is -0.493 e. The van der Waals surface area contributed by atoms with Crippen LogP contribution in [-0.4, -0.2) is 95.3 Å². The Balaban J connectivity index is 0.00000581. The molecule has 4 amide bonds. The molecule has 0 saturated heterocycles. The van der Waals surface area contributed by atoms with E-state index in [0.29, 0.717) is 18.5 Å². The first-order valence-corrected chi connectivity index (χ1v) is 29.1. The van der Waals surface area contributed by atoms with Crippen LogP contribution in [0.15, 0.2) is 149 Å². The van der Waals surface area contributed by atoms with Crippen LogP contribution in [0.2, 0.25) is 0 Å². The molecule has 5 rings (SSSR count). The molecular weight excluding hydrogens is 1090 g/mol. The number of rotatable bonds is 27. The average molecular weight is 1170 g/mol. The summed E-state index contributed by atoms with van der Waals surface area (Å²) >= 11 is 2.19. The van der Waals surface area contributed by atoms with Gasteiger partial charge in [-0.25, -0.2) is 19.2 Å². The van der Waals surface area contributed by atoms with Crippen molar-refractivity contribution in [2.75, 3.05) is 25.8 Å². The topological polar surface area (TPSA) is 262 Å². The summed E-state index contributed by atoms with van der Waals surface area (Å²) in [5, 5.41) is 36.3. The Kier molecular flexibility index (Phi) is 27.8. The third-order valence-corrected chi connectivity index (χ3v) is 15.9. The lowest BCUT2D eigenvalue weighted by Gasteiger charge is -2.64. The van der Waals surface area contributed by atoms with Crippen molar-refractivity contribution in [1.29, 1.82) is 0 Å². The molecule has 0 bridgehead atoms. The van der Waals surface area contributed by atoms with Crippen LogP contribution in [0.5, 0.6) is 0 Å². The second-order valence-corrected chi connectivity index (χ2v) is 20.6. The minimum atomic E-state index is -2.59. The molecule has 18 nitrogen and oxygen atoms in total. The van der Waals surface area contributed by atoms with Gasteiger partial charge in [0.1, 0.15) is 16.0 Å². The molecule has 1 aromatic heterocycles. The highest BCUT2D eigenvalue weighted by atomic mass is 32.2. The summed E-state index contributed by atoms with van der Waals surface area (Å²) in [5.41, 5.74) is -4.88. The van der Waals surface area contributed by atoms with E-state index >= 15 is 0 Å². The number of methoxy groups -OCH3 is 2. The number of thioether (sulfide) groups is 1. The highest BCUT2D eigenvalue weighted by Crippen LogP contribution is 2.57. The predicted octanol–water partition coefficient (Wildman–Crippen LogP) is 11.1. The fourth-order valence-corrected chi connectivity index (χ4v) is 11.2. The molecule has 0 radical (unpaired) electrons. The molecule has 5 unspecified atom stereocenters. The van der Waals surface area contributed by atoms with Crippen LogP contribution in [-0.2, 0) is 47.7 Å². The maximum absolute atomic E-state index is 14.7. The molecule has 5 atom stereocenters. The summed E-state index contributed by atoms with van der Waals surface area (Å²) in [7, 11) is 2.49. The first-order chi connectivity index (χ1) is 38.9. The van der Waals surface area contributed by atoms with Crippen molar-refractivity contribution >= 4 is 76.3 Å². The van der Waals surface area contributed by atoms with E-state index in [2.05, 4.69) is 34.4 Å². The molecule has 2 fully saturated rings. The molecule has 2 saturated carbocycles. The number of carboxylic acid groups (broad SMARTS) is 2. The van der Waals surface area contributed by atoms with E-state index in [1.54, 1.807) is 36.8 Å². The van der Waals surface area contributed by atoms with Crippen molar-refractivity contribution in [2.24, 2.45) is 23.7 Å². The maximum atomic E-state index is 14.7. The van der Waals surface area contributed by atoms with E-state index in [1.807, 2.05) is 27.7 Å². The number of aliphatic carboxylic acids is 2. The van der Waals surface area contributed by atoms with E-state index in [1.165, 1.54) is 93.2 Å². The number of esters is 2. The number of ether oxygens (including phenoxy) is 4. The first-order valence-electron chi connectivity index (χ1n) is 27.0. The molecular formula is C62H80N4O14S2. The van der Waals surface area contributed by atoms with Gasteiger partial charge in [-0.3, -0.25) is 19.2 Å². The predicted molar refractivity (Wildman–Crippen MR) is 320 cm³/mol. The number of hydrogen-bond donors (Lipinski definition) is 6. The number of anilines is 1. The standard InChI is InChI=1S/C59H70N4O14S2.C2H6.CH4/c1-9-18-45(77-55(69)47-22-17-35-79-47)44(75-7)32-34-49-58(56(70)71,62-52(66)38-23-27-40(28-24-38)60-50(64)36(11-3)12-4)48(33-31-43(74-6)42(13-5)76-54(68)46(78-8)19-10-2)59(49,57(72)73)63-53(67)39-25-29-41(30-26-39)61-51(65)37-20-15-14-16-21-37;1-2;/h9-10,13,17-19,22-29,31-32,35-37,41,48-49H,1-2,11-12,14-16,20-21,30,33-34H2,3-8H3,(H,60,64)(H,61,65)(H,62,66)(H,63,67)(H,70,71)(H,72,73);1-2H3;1H4/b42-13+,43-31+,44-32+,45-18+,46-19-;;. The number of amides is 4. The zero-order chi connectivity index (χ0) is 59.9. The van der Waals surface area contributed by atoms with Gasteiger partial charge in [0.25, 0.3) is 11.8 Å². The zero-order valence-electron chi connectivity index (χ0n) is 47.3. The number of benzene rings is 1. The number of thiophene rings is 1. The van der Waals surface area contributed by atoms with Crippen molar-refractivity contribution in [3.05, 3.63) is 160 Å². The summed E-state index contributed by atoms with van der Waals surface area (Å²) in [5.74, 6) is -11.8. The first kappa shape index (κ1) is 68.6. The summed E-state index contributed by atoms with van der Waals surface area (Å²) < 4.78 is 22.8. The van der Waals surface area contributed by atoms with Crippen molar-refractivity contribution in [1.82, 2.24) is 16.0 Å². The minimum absolute atomic E-state index is 0. The molecule has 2 aromatic rings. The Morgan fingerprint density at radius 3 is 1.84 bits per heavy atom. The Morgan fingerprint density at radius 1 is 0.793 bits per heavy atom. The molecule has 1 aromatic carbocycles. The van der Waals surface area contributed by atoms with Crippen molar-refractivity contribution < 1.29 is 67.5 Å². The van der Waals surface area contributed by atoms with Crippen LogP contribution in [0.3, 0.4) is 0 Å². The van der Waals surface area contributed by atoms with Gasteiger partial charge >= 0.3 is 23.9 Å². The van der Waals surface area contributed by atoms with Crippen LogP contribution < -0.4 is 21.3 Å². The van der Waals surface area contributed by atoms with Gasteiger partial charge in [0.05, 0.1) is 25.2 Å². The summed E-state index contributed by atoms with van der Waals surface area (Å²) in [6, 6.07) is 8.38. The normalized spacial score (nSPS) is 21.1. The highest BCUT2D eigenvalue weighted by molar-refractivity contribution is 8.03. The lowest BCUT2D eigenvalue weighted by Crippen LogP contribution is -2.88. The van der Waals surface area contributed by atoms with Gasteiger partial charge in [0.2, 0.25) is 11.8 Å². The molecule has 3 aliphatic rings. The Hall–Kier alpha value is -7.71. The molecule has 0 spiro atoms. The second-order valence-electron chi connectivity index (χ2n) is 18.8. The lowest BCUT2D eigenvalue weighted by molar-refractivity contribution is -0.192. The fourth-order valence-electron chi connectivity index (χ4n) is 10.2. The molecule has 3 aliphatic carbocycles. The fraction of sp³-hybridized carbons (Fsp3) is 0.419. The van der Waals surface area contributed by atoms with E-state index in [9.17, 15) is 48.6 Å². The van der Waals surface area contributed by atoms with E-state index < -0.39 is 77.5 Å². The van der Waals surface area contributed by atoms with Gasteiger partial charge in [-0.15, -0.1) is 23.1 Å². The second kappa shape index (κ2) is 33.3. The van der Waals surface area contributed by atoms with Crippen LogP contribution in [0.4, 0.5) is 5.69 Å². The van der Waals surface area contributed by atoms with Crippen molar-refractivity contribution in [3.63, 3.8) is 0 Å². The third-order valence-electron chi connectivity index (χ3n) is 14.3. The molecule has 444 valence electrons. The highest BCUT2D eigenvalue weighted by Gasteiger charge is 2.78. The number of carbonyl (C=O) groups excluding carboxylic acids is 6. The molecule has 0 aliphatic heterocycles. The van der Waals surface area contributed by atoms with Gasteiger partial charge in [0.15, 0.2) is 23.0 Å². The SMILES string of the molecule is C.C=C/C=C(\SC)C(=O)OC(=C/C)/C(=C\CC1C(NC(=O)C2=CCC(NC(=O)C3CCCCC3)C=C2)(C(=O)O)C(C/C=C(OC)\C(=C/C=C)OC(=O)c2cccs2)C1(NC(=O)c1ccc(NC(=O)C(CC)CC)cc1)C(=O)O)OC.CC. The van der Waals surface area contributed by atoms with Gasteiger partial charge in [-0.2, -0.15) is 0 Å². The van der Waals surface area contributed by atoms with Crippen LogP contribution in [0.25, 0.3) is 0 Å². The number of hydrogen-bond acceptors (Lipinski definition) is 14. The van der Waals surface area contributed by atoms with Crippen LogP contribution in [0, 0.1) is 23.7 Å². The number of nitrogens with one attached hydrogen (secondary N) is 4. The summed E-state index contributed by atoms with van der Waals surface area (Å²) in [6.45, 7) is 16.7. The van der Waals surface area contributed by atoms with E-state index in [4.69, 9.17) is 18.9 Å². The quantitative estimate of drug-likeness (QED) is 0.0210. The maximum Gasteiger partial charge on any atom is 0.353 e. The summed E-state index contributed by atoms with van der Waals surface area (Å²) in [4.78, 5) is 111. The largest absolute Gasteiger partial charge is 0.493 e. The molecule has 1 heterocycles.